The molecule has 128 valence electrons. The normalized spacial score (nSPS) is 17.8. The summed E-state index contributed by atoms with van der Waals surface area (Å²) < 4.78 is 0. The molecule has 0 bridgehead atoms. The number of nitrogens with zero attached hydrogens (tertiary/aromatic N) is 4. The average molecular weight is 335 g/mol. The number of carbonyl (C=O) groups is 1. The van der Waals surface area contributed by atoms with E-state index in [0.717, 1.165) is 60.5 Å². The molecule has 1 atom stereocenters. The molecule has 0 radical (unpaired) electrons. The Morgan fingerprint density at radius 2 is 2.28 bits per heavy atom. The third kappa shape index (κ3) is 3.24. The molecule has 6 heteroatoms. The van der Waals surface area contributed by atoms with Crippen molar-refractivity contribution in [2.24, 2.45) is 5.92 Å². The minimum absolute atomic E-state index is 0.162. The maximum Gasteiger partial charge on any atom is 0.219 e. The molecular formula is C19H21N5O. The highest BCUT2D eigenvalue weighted by Crippen LogP contribution is 2.26. The third-order valence-corrected chi connectivity index (χ3v) is 4.87. The molecule has 4 heterocycles. The summed E-state index contributed by atoms with van der Waals surface area (Å²) in [6.45, 7) is 3.33. The second kappa shape index (κ2) is 6.63. The number of likely N-dealkylation sites (tertiary alicyclic amines) is 1. The number of amides is 1. The fourth-order valence-corrected chi connectivity index (χ4v) is 3.59. The van der Waals surface area contributed by atoms with Gasteiger partial charge in [0, 0.05) is 38.0 Å². The minimum atomic E-state index is 0.162. The molecular weight excluding hydrogens is 314 g/mol. The van der Waals surface area contributed by atoms with Crippen LogP contribution in [0.2, 0.25) is 0 Å². The lowest BCUT2D eigenvalue weighted by Gasteiger charge is -2.32. The number of aromatic nitrogens is 4. The van der Waals surface area contributed by atoms with Gasteiger partial charge in [-0.15, -0.1) is 0 Å². The van der Waals surface area contributed by atoms with Crippen LogP contribution in [0.25, 0.3) is 22.4 Å². The lowest BCUT2D eigenvalue weighted by molar-refractivity contribution is -0.130. The van der Waals surface area contributed by atoms with Gasteiger partial charge < -0.3 is 9.88 Å². The van der Waals surface area contributed by atoms with Crippen molar-refractivity contribution in [2.75, 3.05) is 13.1 Å². The Labute approximate surface area is 146 Å². The van der Waals surface area contributed by atoms with Crippen molar-refractivity contribution in [3.63, 3.8) is 0 Å². The fraction of sp³-hybridized carbons (Fsp3) is 0.368. The topological polar surface area (TPSA) is 74.8 Å². The van der Waals surface area contributed by atoms with Crippen molar-refractivity contribution >= 4 is 17.1 Å². The van der Waals surface area contributed by atoms with Gasteiger partial charge in [0.25, 0.3) is 0 Å². The Morgan fingerprint density at radius 1 is 1.36 bits per heavy atom. The lowest BCUT2D eigenvalue weighted by Crippen LogP contribution is -2.39. The third-order valence-electron chi connectivity index (χ3n) is 4.87. The SMILES string of the molecule is CC(=O)N1CCC[C@@H](Cc2ncccc2-c2cnc3[nH]ccc3n2)C1. The predicted octanol–water partition coefficient (Wildman–Crippen LogP) is 2.82. The number of carbonyl (C=O) groups excluding carboxylic acids is 1. The number of hydrogen-bond donors (Lipinski definition) is 1. The van der Waals surface area contributed by atoms with Gasteiger partial charge in [0.15, 0.2) is 5.65 Å². The molecule has 0 unspecified atom stereocenters. The summed E-state index contributed by atoms with van der Waals surface area (Å²) in [5.74, 6) is 0.602. The second-order valence-electron chi connectivity index (χ2n) is 6.64. The molecule has 0 aliphatic carbocycles. The van der Waals surface area contributed by atoms with Gasteiger partial charge in [-0.3, -0.25) is 9.78 Å². The first kappa shape index (κ1) is 15.7. The summed E-state index contributed by atoms with van der Waals surface area (Å²) in [7, 11) is 0. The largest absolute Gasteiger partial charge is 0.345 e. The van der Waals surface area contributed by atoms with E-state index < -0.39 is 0 Å². The fourth-order valence-electron chi connectivity index (χ4n) is 3.59. The molecule has 3 aromatic rings. The van der Waals surface area contributed by atoms with Gasteiger partial charge in [-0.05, 0) is 43.4 Å². The summed E-state index contributed by atoms with van der Waals surface area (Å²) in [6, 6.07) is 5.91. The molecule has 3 aromatic heterocycles. The van der Waals surface area contributed by atoms with Gasteiger partial charge >= 0.3 is 0 Å². The van der Waals surface area contributed by atoms with E-state index in [2.05, 4.69) is 21.0 Å². The summed E-state index contributed by atoms with van der Waals surface area (Å²) in [6.07, 6.45) is 8.50. The quantitative estimate of drug-likeness (QED) is 0.798. The van der Waals surface area contributed by atoms with Crippen molar-refractivity contribution in [1.29, 1.82) is 0 Å². The number of aromatic amines is 1. The molecule has 1 aliphatic rings. The predicted molar refractivity (Wildman–Crippen MR) is 95.8 cm³/mol. The molecule has 1 amide bonds. The molecule has 1 N–H and O–H groups in total. The Morgan fingerprint density at radius 3 is 3.16 bits per heavy atom. The maximum atomic E-state index is 11.7. The first-order valence-electron chi connectivity index (χ1n) is 8.70. The van der Waals surface area contributed by atoms with Crippen LogP contribution in [0.5, 0.6) is 0 Å². The van der Waals surface area contributed by atoms with Crippen molar-refractivity contribution in [3.05, 3.63) is 42.5 Å². The van der Waals surface area contributed by atoms with Crippen LogP contribution in [0.4, 0.5) is 0 Å². The maximum absolute atomic E-state index is 11.7. The molecule has 0 aromatic carbocycles. The van der Waals surface area contributed by atoms with E-state index in [-0.39, 0.29) is 5.91 Å². The molecule has 1 aliphatic heterocycles. The number of fused-ring (bicyclic) bond motifs is 1. The van der Waals surface area contributed by atoms with Crippen LogP contribution in [0, 0.1) is 5.92 Å². The first-order valence-corrected chi connectivity index (χ1v) is 8.70. The van der Waals surface area contributed by atoms with E-state index in [1.807, 2.05) is 29.4 Å². The highest BCUT2D eigenvalue weighted by Gasteiger charge is 2.23. The standard InChI is InChI=1S/C19H21N5O/c1-13(25)24-9-3-4-14(12-24)10-17-15(5-2-7-20-17)18-11-22-19-16(23-18)6-8-21-19/h2,5-8,11,14H,3-4,9-10,12H2,1H3,(H,21,22)/t14-/m0/s1. The van der Waals surface area contributed by atoms with E-state index in [0.29, 0.717) is 5.92 Å². The van der Waals surface area contributed by atoms with E-state index in [1.165, 1.54) is 0 Å². The van der Waals surface area contributed by atoms with Gasteiger partial charge in [0.2, 0.25) is 5.91 Å². The van der Waals surface area contributed by atoms with E-state index >= 15 is 0 Å². The highest BCUT2D eigenvalue weighted by atomic mass is 16.2. The van der Waals surface area contributed by atoms with Crippen molar-refractivity contribution in [1.82, 2.24) is 24.8 Å². The number of nitrogens with one attached hydrogen (secondary N) is 1. The Kier molecular flexibility index (Phi) is 4.17. The van der Waals surface area contributed by atoms with Crippen LogP contribution in [0.15, 0.2) is 36.8 Å². The Bertz CT molecular complexity index is 903. The number of rotatable bonds is 3. The molecule has 25 heavy (non-hydrogen) atoms. The smallest absolute Gasteiger partial charge is 0.219 e. The van der Waals surface area contributed by atoms with Crippen LogP contribution >= 0.6 is 0 Å². The number of H-pyrrole nitrogens is 1. The first-order chi connectivity index (χ1) is 12.2. The minimum Gasteiger partial charge on any atom is -0.345 e. The van der Waals surface area contributed by atoms with E-state index in [9.17, 15) is 4.79 Å². The van der Waals surface area contributed by atoms with Gasteiger partial charge in [0.1, 0.15) is 5.52 Å². The molecule has 6 nitrogen and oxygen atoms in total. The number of piperidine rings is 1. The van der Waals surface area contributed by atoms with E-state index in [1.54, 1.807) is 13.1 Å². The van der Waals surface area contributed by atoms with Crippen LogP contribution in [0.3, 0.4) is 0 Å². The van der Waals surface area contributed by atoms with Crippen LogP contribution < -0.4 is 0 Å². The zero-order valence-electron chi connectivity index (χ0n) is 14.3. The second-order valence-corrected chi connectivity index (χ2v) is 6.64. The summed E-state index contributed by atoms with van der Waals surface area (Å²) in [5.41, 5.74) is 4.54. The molecule has 1 saturated heterocycles. The van der Waals surface area contributed by atoms with Crippen molar-refractivity contribution < 1.29 is 4.79 Å². The van der Waals surface area contributed by atoms with Crippen LogP contribution in [-0.4, -0.2) is 43.8 Å². The molecule has 4 rings (SSSR count). The summed E-state index contributed by atoms with van der Waals surface area (Å²) in [5, 5.41) is 0. The van der Waals surface area contributed by atoms with Gasteiger partial charge in [-0.1, -0.05) is 0 Å². The van der Waals surface area contributed by atoms with Gasteiger partial charge in [-0.2, -0.15) is 0 Å². The lowest BCUT2D eigenvalue weighted by atomic mass is 9.91. The van der Waals surface area contributed by atoms with Gasteiger partial charge in [0.05, 0.1) is 17.6 Å². The summed E-state index contributed by atoms with van der Waals surface area (Å²) in [4.78, 5) is 30.4. The van der Waals surface area contributed by atoms with Gasteiger partial charge in [-0.25, -0.2) is 9.97 Å². The van der Waals surface area contributed by atoms with E-state index in [4.69, 9.17) is 4.98 Å². The summed E-state index contributed by atoms with van der Waals surface area (Å²) >= 11 is 0. The number of pyridine rings is 1. The number of hydrogen-bond acceptors (Lipinski definition) is 4. The van der Waals surface area contributed by atoms with Crippen molar-refractivity contribution in [3.8, 4) is 11.3 Å². The van der Waals surface area contributed by atoms with Crippen LogP contribution in [0.1, 0.15) is 25.5 Å². The molecule has 1 fully saturated rings. The van der Waals surface area contributed by atoms with Crippen LogP contribution in [-0.2, 0) is 11.2 Å². The molecule has 0 spiro atoms. The highest BCUT2D eigenvalue weighted by molar-refractivity contribution is 5.75. The zero-order chi connectivity index (χ0) is 17.2. The monoisotopic (exact) mass is 335 g/mol. The zero-order valence-corrected chi connectivity index (χ0v) is 14.3. The Balaban J connectivity index is 1.61. The Hall–Kier alpha value is -2.76. The molecule has 0 saturated carbocycles. The average Bonchev–Trinajstić information content (AvgIpc) is 3.10. The van der Waals surface area contributed by atoms with Crippen molar-refractivity contribution in [2.45, 2.75) is 26.2 Å².